The number of carboxylic acids is 1. The van der Waals surface area contributed by atoms with Gasteiger partial charge in [0.15, 0.2) is 5.76 Å². The van der Waals surface area contributed by atoms with E-state index >= 15 is 0 Å². The van der Waals surface area contributed by atoms with E-state index in [1.807, 2.05) is 0 Å². The molecule has 1 aromatic rings. The van der Waals surface area contributed by atoms with Gasteiger partial charge in [-0.1, -0.05) is 0 Å². The molecule has 86 valence electrons. The zero-order valence-electron chi connectivity index (χ0n) is 8.60. The van der Waals surface area contributed by atoms with Crippen molar-refractivity contribution in [2.24, 2.45) is 0 Å². The van der Waals surface area contributed by atoms with Crippen molar-refractivity contribution in [3.05, 3.63) is 24.2 Å². The monoisotopic (exact) mass is 225 g/mol. The number of carbonyl (C=O) groups is 3. The lowest BCUT2D eigenvalue weighted by molar-refractivity contribution is -0.140. The van der Waals surface area contributed by atoms with Crippen LogP contribution in [0.4, 0.5) is 0 Å². The van der Waals surface area contributed by atoms with Crippen LogP contribution in [0.3, 0.4) is 0 Å². The minimum absolute atomic E-state index is 0.00908. The van der Waals surface area contributed by atoms with Crippen LogP contribution in [0.1, 0.15) is 23.9 Å². The third-order valence-electron chi connectivity index (χ3n) is 1.84. The van der Waals surface area contributed by atoms with Crippen molar-refractivity contribution in [2.75, 3.05) is 0 Å². The first kappa shape index (κ1) is 12.0. The molecule has 0 saturated heterocycles. The molecule has 16 heavy (non-hydrogen) atoms. The molecule has 0 aliphatic carbocycles. The summed E-state index contributed by atoms with van der Waals surface area (Å²) >= 11 is 0. The van der Waals surface area contributed by atoms with Gasteiger partial charge in [-0.2, -0.15) is 0 Å². The Morgan fingerprint density at radius 3 is 2.62 bits per heavy atom. The normalized spacial score (nSPS) is 11.8. The fourth-order valence-corrected chi connectivity index (χ4v) is 1.12. The van der Waals surface area contributed by atoms with Crippen molar-refractivity contribution in [3.63, 3.8) is 0 Å². The van der Waals surface area contributed by atoms with Gasteiger partial charge in [-0.05, 0) is 19.1 Å². The maximum Gasteiger partial charge on any atom is 0.326 e. The number of ketones is 1. The number of carbonyl (C=O) groups excluding carboxylic acids is 2. The molecule has 0 bridgehead atoms. The van der Waals surface area contributed by atoms with Crippen molar-refractivity contribution < 1.29 is 23.9 Å². The Morgan fingerprint density at radius 2 is 2.19 bits per heavy atom. The first-order valence-electron chi connectivity index (χ1n) is 4.57. The van der Waals surface area contributed by atoms with E-state index in [1.54, 1.807) is 0 Å². The highest BCUT2D eigenvalue weighted by molar-refractivity contribution is 5.95. The summed E-state index contributed by atoms with van der Waals surface area (Å²) in [5, 5.41) is 11.0. The van der Waals surface area contributed by atoms with Gasteiger partial charge in [-0.25, -0.2) is 4.79 Å². The van der Waals surface area contributed by atoms with Crippen molar-refractivity contribution in [1.29, 1.82) is 0 Å². The van der Waals surface area contributed by atoms with Gasteiger partial charge >= 0.3 is 5.97 Å². The van der Waals surface area contributed by atoms with Gasteiger partial charge in [-0.15, -0.1) is 0 Å². The van der Waals surface area contributed by atoms with Gasteiger partial charge in [0.05, 0.1) is 6.26 Å². The number of amides is 1. The summed E-state index contributed by atoms with van der Waals surface area (Å²) < 4.78 is 4.79. The molecule has 1 heterocycles. The average molecular weight is 225 g/mol. The minimum Gasteiger partial charge on any atom is -0.480 e. The van der Waals surface area contributed by atoms with Crippen LogP contribution in [-0.2, 0) is 9.59 Å². The van der Waals surface area contributed by atoms with Gasteiger partial charge in [-0.3, -0.25) is 9.59 Å². The highest BCUT2D eigenvalue weighted by Crippen LogP contribution is 2.02. The number of hydrogen-bond acceptors (Lipinski definition) is 4. The molecule has 2 N–H and O–H groups in total. The quantitative estimate of drug-likeness (QED) is 0.757. The molecule has 0 fully saturated rings. The Hall–Kier alpha value is -2.11. The average Bonchev–Trinajstić information content (AvgIpc) is 2.68. The zero-order valence-corrected chi connectivity index (χ0v) is 8.60. The number of furan rings is 1. The second kappa shape index (κ2) is 5.11. The molecule has 0 radical (unpaired) electrons. The molecule has 6 heteroatoms. The molecule has 0 aromatic carbocycles. The first-order valence-corrected chi connectivity index (χ1v) is 4.57. The molecular weight excluding hydrogens is 214 g/mol. The van der Waals surface area contributed by atoms with Crippen LogP contribution in [0.15, 0.2) is 22.8 Å². The third-order valence-corrected chi connectivity index (χ3v) is 1.84. The molecule has 1 unspecified atom stereocenters. The van der Waals surface area contributed by atoms with E-state index in [9.17, 15) is 14.4 Å². The van der Waals surface area contributed by atoms with Gasteiger partial charge in [0, 0.05) is 6.42 Å². The number of aliphatic carboxylic acids is 1. The molecule has 1 amide bonds. The number of carboxylic acid groups (broad SMARTS) is 1. The highest BCUT2D eigenvalue weighted by atomic mass is 16.4. The van der Waals surface area contributed by atoms with E-state index in [2.05, 4.69) is 5.32 Å². The first-order chi connectivity index (χ1) is 7.50. The van der Waals surface area contributed by atoms with Crippen molar-refractivity contribution in [3.8, 4) is 0 Å². The summed E-state index contributed by atoms with van der Waals surface area (Å²) in [4.78, 5) is 33.0. The van der Waals surface area contributed by atoms with Gasteiger partial charge in [0.25, 0.3) is 5.91 Å². The molecule has 0 aliphatic rings. The summed E-state index contributed by atoms with van der Waals surface area (Å²) in [5.41, 5.74) is 0. The Kier molecular flexibility index (Phi) is 3.82. The van der Waals surface area contributed by atoms with Gasteiger partial charge in [0.1, 0.15) is 11.8 Å². The Morgan fingerprint density at radius 1 is 1.50 bits per heavy atom. The van der Waals surface area contributed by atoms with Crippen LogP contribution in [0.5, 0.6) is 0 Å². The van der Waals surface area contributed by atoms with Gasteiger partial charge < -0.3 is 14.8 Å². The number of hydrogen-bond donors (Lipinski definition) is 2. The highest BCUT2D eigenvalue weighted by Gasteiger charge is 2.23. The molecule has 1 atom stereocenters. The molecule has 0 aliphatic heterocycles. The van der Waals surface area contributed by atoms with Crippen LogP contribution < -0.4 is 5.32 Å². The van der Waals surface area contributed by atoms with E-state index in [-0.39, 0.29) is 18.0 Å². The summed E-state index contributed by atoms with van der Waals surface area (Å²) in [7, 11) is 0. The predicted octanol–water partition coefficient (Wildman–Crippen LogP) is 0.442. The van der Waals surface area contributed by atoms with Crippen molar-refractivity contribution >= 4 is 17.7 Å². The lowest BCUT2D eigenvalue weighted by atomic mass is 10.1. The van der Waals surface area contributed by atoms with E-state index < -0.39 is 17.9 Å². The number of rotatable bonds is 5. The largest absolute Gasteiger partial charge is 0.480 e. The minimum atomic E-state index is -1.25. The summed E-state index contributed by atoms with van der Waals surface area (Å²) in [5.74, 6) is -2.21. The number of nitrogens with one attached hydrogen (secondary N) is 1. The maximum atomic E-state index is 11.4. The lowest BCUT2D eigenvalue weighted by Crippen LogP contribution is -2.41. The molecule has 0 spiro atoms. The lowest BCUT2D eigenvalue weighted by Gasteiger charge is -2.11. The van der Waals surface area contributed by atoms with E-state index in [0.717, 1.165) is 0 Å². The van der Waals surface area contributed by atoms with Crippen LogP contribution in [0, 0.1) is 0 Å². The molecular formula is C10H11NO5. The summed E-state index contributed by atoms with van der Waals surface area (Å²) in [6.07, 6.45) is 1.05. The Balaban J connectivity index is 2.65. The molecule has 6 nitrogen and oxygen atoms in total. The molecule has 1 aromatic heterocycles. The molecule has 0 saturated carbocycles. The Labute approximate surface area is 91.2 Å². The summed E-state index contributed by atoms with van der Waals surface area (Å²) in [6, 6.07) is 1.69. The summed E-state index contributed by atoms with van der Waals surface area (Å²) in [6.45, 7) is 1.26. The second-order valence-electron chi connectivity index (χ2n) is 3.25. The van der Waals surface area contributed by atoms with Crippen LogP contribution in [-0.4, -0.2) is 28.8 Å². The Bertz CT molecular complexity index is 395. The standard InChI is InChI=1S/C10H11NO5/c1-6(12)5-7(10(14)15)11-9(13)8-3-2-4-16-8/h2-4,7H,5H2,1H3,(H,11,13)(H,14,15). The third kappa shape index (κ3) is 3.23. The van der Waals surface area contributed by atoms with E-state index in [0.29, 0.717) is 0 Å². The SMILES string of the molecule is CC(=O)CC(NC(=O)c1ccco1)C(=O)O. The second-order valence-corrected chi connectivity index (χ2v) is 3.25. The van der Waals surface area contributed by atoms with E-state index in [1.165, 1.54) is 25.3 Å². The van der Waals surface area contributed by atoms with Crippen molar-refractivity contribution in [1.82, 2.24) is 5.32 Å². The zero-order chi connectivity index (χ0) is 12.1. The number of Topliss-reactive ketones (excluding diaryl/α,β-unsaturated/α-hetero) is 1. The van der Waals surface area contributed by atoms with E-state index in [4.69, 9.17) is 9.52 Å². The topological polar surface area (TPSA) is 96.6 Å². The van der Waals surface area contributed by atoms with Crippen LogP contribution >= 0.6 is 0 Å². The molecule has 1 rings (SSSR count). The van der Waals surface area contributed by atoms with Crippen LogP contribution in [0.25, 0.3) is 0 Å². The van der Waals surface area contributed by atoms with Crippen molar-refractivity contribution in [2.45, 2.75) is 19.4 Å². The van der Waals surface area contributed by atoms with Crippen LogP contribution in [0.2, 0.25) is 0 Å². The fourth-order valence-electron chi connectivity index (χ4n) is 1.12. The smallest absolute Gasteiger partial charge is 0.326 e. The maximum absolute atomic E-state index is 11.4. The predicted molar refractivity (Wildman–Crippen MR) is 52.9 cm³/mol. The van der Waals surface area contributed by atoms with Gasteiger partial charge in [0.2, 0.25) is 0 Å². The fraction of sp³-hybridized carbons (Fsp3) is 0.300.